The summed E-state index contributed by atoms with van der Waals surface area (Å²) >= 11 is 0. The van der Waals surface area contributed by atoms with Gasteiger partial charge >= 0.3 is 5.97 Å². The molecule has 1 heterocycles. The fraction of sp³-hybridized carbons (Fsp3) is 0.444. The maximum atomic E-state index is 12.6. The third kappa shape index (κ3) is 2.43. The highest BCUT2D eigenvalue weighted by molar-refractivity contribution is 6.00. The highest BCUT2D eigenvalue weighted by Crippen LogP contribution is 2.37. The van der Waals surface area contributed by atoms with Gasteiger partial charge in [-0.3, -0.25) is 4.79 Å². The average Bonchev–Trinajstić information content (AvgIpc) is 2.51. The first-order valence-corrected chi connectivity index (χ1v) is 7.78. The van der Waals surface area contributed by atoms with Gasteiger partial charge in [-0.25, -0.2) is 4.79 Å². The summed E-state index contributed by atoms with van der Waals surface area (Å²) in [5, 5.41) is 9.67. The second-order valence-electron chi connectivity index (χ2n) is 6.36. The van der Waals surface area contributed by atoms with Crippen molar-refractivity contribution >= 4 is 16.9 Å². The van der Waals surface area contributed by atoms with Crippen LogP contribution in [0.25, 0.3) is 11.0 Å². The third-order valence-electron chi connectivity index (χ3n) is 4.80. The smallest absolute Gasteiger partial charge is 0.339 e. The second kappa shape index (κ2) is 5.59. The van der Waals surface area contributed by atoms with E-state index < -0.39 is 5.97 Å². The van der Waals surface area contributed by atoms with E-state index in [1.54, 1.807) is 19.1 Å². The van der Waals surface area contributed by atoms with Crippen LogP contribution in [0, 0.1) is 12.8 Å². The van der Waals surface area contributed by atoms with E-state index in [4.69, 9.17) is 4.42 Å². The Morgan fingerprint density at radius 1 is 1.23 bits per heavy atom. The second-order valence-corrected chi connectivity index (χ2v) is 6.36. The topological polar surface area (TPSA) is 67.5 Å². The molecule has 1 aliphatic carbocycles. The number of fused-ring (bicyclic) bond motifs is 1. The normalized spacial score (nSPS) is 21.9. The predicted molar refractivity (Wildman–Crippen MR) is 84.6 cm³/mol. The lowest BCUT2D eigenvalue weighted by Gasteiger charge is -2.26. The molecule has 0 unspecified atom stereocenters. The lowest BCUT2D eigenvalue weighted by Crippen LogP contribution is -2.17. The Labute approximate surface area is 128 Å². The Balaban J connectivity index is 2.19. The van der Waals surface area contributed by atoms with Gasteiger partial charge in [-0.15, -0.1) is 0 Å². The molecule has 0 atom stereocenters. The van der Waals surface area contributed by atoms with E-state index >= 15 is 0 Å². The summed E-state index contributed by atoms with van der Waals surface area (Å²) in [6.07, 6.45) is 4.22. The number of carboxylic acid groups (broad SMARTS) is 1. The SMILES string of the molecule is Cc1c(C2CCC(C)CC2)oc2c(C(=O)O)cccc2c1=O. The van der Waals surface area contributed by atoms with Crippen LogP contribution in [0.3, 0.4) is 0 Å². The standard InChI is InChI=1S/C18H20O4/c1-10-6-8-12(9-7-10)16-11(2)15(19)13-4-3-5-14(18(20)21)17(13)22-16/h3-5,10,12H,6-9H2,1-2H3,(H,20,21). The first kappa shape index (κ1) is 14.8. The van der Waals surface area contributed by atoms with Gasteiger partial charge in [0.1, 0.15) is 11.3 Å². The summed E-state index contributed by atoms with van der Waals surface area (Å²) in [7, 11) is 0. The quantitative estimate of drug-likeness (QED) is 0.907. The number of para-hydroxylation sites is 1. The van der Waals surface area contributed by atoms with Gasteiger partial charge in [0.05, 0.1) is 5.39 Å². The molecule has 0 radical (unpaired) electrons. The zero-order valence-corrected chi connectivity index (χ0v) is 12.9. The van der Waals surface area contributed by atoms with Crippen molar-refractivity contribution in [2.75, 3.05) is 0 Å². The summed E-state index contributed by atoms with van der Waals surface area (Å²) in [5.41, 5.74) is 0.770. The summed E-state index contributed by atoms with van der Waals surface area (Å²) < 4.78 is 5.96. The van der Waals surface area contributed by atoms with Crippen LogP contribution in [0.4, 0.5) is 0 Å². The van der Waals surface area contributed by atoms with Crippen LogP contribution in [0.2, 0.25) is 0 Å². The van der Waals surface area contributed by atoms with Crippen LogP contribution in [0.5, 0.6) is 0 Å². The Morgan fingerprint density at radius 2 is 1.91 bits per heavy atom. The third-order valence-corrected chi connectivity index (χ3v) is 4.80. The minimum absolute atomic E-state index is 0.0556. The summed E-state index contributed by atoms with van der Waals surface area (Å²) in [4.78, 5) is 24.0. The zero-order chi connectivity index (χ0) is 15.9. The van der Waals surface area contributed by atoms with E-state index in [1.807, 2.05) is 0 Å². The van der Waals surface area contributed by atoms with Crippen molar-refractivity contribution in [3.05, 3.63) is 45.3 Å². The monoisotopic (exact) mass is 300 g/mol. The fourth-order valence-corrected chi connectivity index (χ4v) is 3.41. The molecule has 1 saturated carbocycles. The van der Waals surface area contributed by atoms with Gasteiger partial charge in [0, 0.05) is 11.5 Å². The van der Waals surface area contributed by atoms with Gasteiger partial charge in [0.2, 0.25) is 0 Å². The van der Waals surface area contributed by atoms with E-state index in [0.29, 0.717) is 22.6 Å². The maximum absolute atomic E-state index is 12.6. The van der Waals surface area contributed by atoms with Crippen LogP contribution in [0.1, 0.15) is 60.2 Å². The van der Waals surface area contributed by atoms with Gasteiger partial charge in [-0.1, -0.05) is 25.8 Å². The number of carbonyl (C=O) groups is 1. The van der Waals surface area contributed by atoms with Crippen molar-refractivity contribution in [1.82, 2.24) is 0 Å². The molecule has 0 aliphatic heterocycles. The lowest BCUT2D eigenvalue weighted by molar-refractivity contribution is 0.0697. The van der Waals surface area contributed by atoms with E-state index in [9.17, 15) is 14.7 Å². The van der Waals surface area contributed by atoms with Crippen molar-refractivity contribution in [3.8, 4) is 0 Å². The summed E-state index contributed by atoms with van der Waals surface area (Å²) in [5.74, 6) is 0.535. The fourth-order valence-electron chi connectivity index (χ4n) is 3.41. The van der Waals surface area contributed by atoms with E-state index in [1.165, 1.54) is 6.07 Å². The van der Waals surface area contributed by atoms with Crippen LogP contribution in [-0.2, 0) is 0 Å². The van der Waals surface area contributed by atoms with E-state index in [0.717, 1.165) is 25.7 Å². The molecule has 0 bridgehead atoms. The van der Waals surface area contributed by atoms with Gasteiger partial charge in [-0.05, 0) is 37.8 Å². The first-order valence-electron chi connectivity index (χ1n) is 7.78. The van der Waals surface area contributed by atoms with Crippen molar-refractivity contribution < 1.29 is 14.3 Å². The predicted octanol–water partition coefficient (Wildman–Crippen LogP) is 4.09. The largest absolute Gasteiger partial charge is 0.478 e. The molecular weight excluding hydrogens is 280 g/mol. The Morgan fingerprint density at radius 3 is 2.55 bits per heavy atom. The molecule has 0 saturated heterocycles. The van der Waals surface area contributed by atoms with Gasteiger partial charge < -0.3 is 9.52 Å². The molecule has 22 heavy (non-hydrogen) atoms. The van der Waals surface area contributed by atoms with Crippen LogP contribution in [0.15, 0.2) is 27.4 Å². The molecule has 3 rings (SSSR count). The maximum Gasteiger partial charge on any atom is 0.339 e. The highest BCUT2D eigenvalue weighted by atomic mass is 16.4. The zero-order valence-electron chi connectivity index (χ0n) is 12.9. The molecular formula is C18H20O4. The minimum atomic E-state index is -1.07. The molecule has 4 nitrogen and oxygen atoms in total. The van der Waals surface area contributed by atoms with Crippen molar-refractivity contribution in [1.29, 1.82) is 0 Å². The average molecular weight is 300 g/mol. The number of hydrogen-bond donors (Lipinski definition) is 1. The van der Waals surface area contributed by atoms with Gasteiger partial charge in [0.15, 0.2) is 11.0 Å². The molecule has 1 N–H and O–H groups in total. The number of benzene rings is 1. The Hall–Kier alpha value is -2.10. The number of hydrogen-bond acceptors (Lipinski definition) is 3. The van der Waals surface area contributed by atoms with E-state index in [2.05, 4.69) is 6.92 Å². The van der Waals surface area contributed by atoms with Gasteiger partial charge in [-0.2, -0.15) is 0 Å². The first-order chi connectivity index (χ1) is 10.5. The molecule has 1 aromatic heterocycles. The summed E-state index contributed by atoms with van der Waals surface area (Å²) in [6.45, 7) is 4.02. The van der Waals surface area contributed by atoms with Crippen LogP contribution >= 0.6 is 0 Å². The molecule has 1 aliphatic rings. The molecule has 2 aromatic rings. The lowest BCUT2D eigenvalue weighted by atomic mass is 9.80. The molecule has 116 valence electrons. The number of aromatic carboxylic acids is 1. The molecule has 1 fully saturated rings. The van der Waals surface area contributed by atoms with Crippen molar-refractivity contribution in [3.63, 3.8) is 0 Å². The summed E-state index contributed by atoms with van der Waals surface area (Å²) in [6, 6.07) is 4.70. The molecule has 1 aromatic carbocycles. The van der Waals surface area contributed by atoms with Crippen molar-refractivity contribution in [2.24, 2.45) is 5.92 Å². The highest BCUT2D eigenvalue weighted by Gasteiger charge is 2.26. The number of rotatable bonds is 2. The van der Waals surface area contributed by atoms with Gasteiger partial charge in [0.25, 0.3) is 0 Å². The Kier molecular flexibility index (Phi) is 3.77. The van der Waals surface area contributed by atoms with Crippen LogP contribution in [-0.4, -0.2) is 11.1 Å². The minimum Gasteiger partial charge on any atom is -0.478 e. The number of carboxylic acids is 1. The molecule has 0 spiro atoms. The molecule has 0 amide bonds. The molecule has 4 heteroatoms. The van der Waals surface area contributed by atoms with Crippen molar-refractivity contribution in [2.45, 2.75) is 45.4 Å². The Bertz CT molecular complexity index is 780. The van der Waals surface area contributed by atoms with Crippen LogP contribution < -0.4 is 5.43 Å². The van der Waals surface area contributed by atoms with E-state index in [-0.39, 0.29) is 22.5 Å².